The highest BCUT2D eigenvalue weighted by Gasteiger charge is 2.23. The second-order valence-corrected chi connectivity index (χ2v) is 5.52. The molecule has 0 amide bonds. The zero-order valence-electron chi connectivity index (χ0n) is 11.8. The number of anilines is 2. The summed E-state index contributed by atoms with van der Waals surface area (Å²) in [6.45, 7) is 3.02. The molecule has 0 atom stereocenters. The van der Waals surface area contributed by atoms with E-state index in [-0.39, 0.29) is 0 Å². The van der Waals surface area contributed by atoms with Crippen molar-refractivity contribution in [3.8, 4) is 0 Å². The van der Waals surface area contributed by atoms with Crippen molar-refractivity contribution in [1.29, 1.82) is 0 Å². The number of hydrogen-bond acceptors (Lipinski definition) is 5. The molecule has 2 aromatic heterocycles. The molecule has 1 aromatic carbocycles. The molecule has 1 aliphatic rings. The normalized spacial score (nSPS) is 14.5. The molecule has 2 heterocycles. The van der Waals surface area contributed by atoms with E-state index in [1.165, 1.54) is 12.8 Å². The van der Waals surface area contributed by atoms with Gasteiger partial charge in [0.15, 0.2) is 0 Å². The third kappa shape index (κ3) is 2.33. The van der Waals surface area contributed by atoms with E-state index in [0.29, 0.717) is 5.95 Å². The molecule has 0 aliphatic heterocycles. The smallest absolute Gasteiger partial charge is 0.227 e. The van der Waals surface area contributed by atoms with Crippen molar-refractivity contribution in [2.24, 2.45) is 5.92 Å². The zero-order chi connectivity index (χ0) is 14.2. The lowest BCUT2D eigenvalue weighted by Crippen LogP contribution is -2.02. The number of nitrogens with one attached hydrogen (secondary N) is 1. The fraction of sp³-hybridized carbons (Fsp3) is 0.333. The van der Waals surface area contributed by atoms with E-state index in [2.05, 4.69) is 31.7 Å². The minimum atomic E-state index is 0.588. The first kappa shape index (κ1) is 12.3. The maximum absolute atomic E-state index is 4.33. The Morgan fingerprint density at radius 1 is 1.24 bits per heavy atom. The number of aryl methyl sites for hydroxylation is 1. The van der Waals surface area contributed by atoms with Crippen LogP contribution in [0, 0.1) is 12.8 Å². The van der Waals surface area contributed by atoms with E-state index < -0.39 is 0 Å². The van der Waals surface area contributed by atoms with Crippen LogP contribution in [0.15, 0.2) is 30.6 Å². The molecule has 0 saturated heterocycles. The van der Waals surface area contributed by atoms with Crippen LogP contribution in [0.5, 0.6) is 0 Å². The SMILES string of the molecule is Cc1c(Nc2ncccn2)ccc2c1nnn2CC1CC1. The van der Waals surface area contributed by atoms with Crippen LogP contribution in [-0.2, 0) is 6.54 Å². The van der Waals surface area contributed by atoms with Crippen molar-refractivity contribution in [1.82, 2.24) is 25.0 Å². The van der Waals surface area contributed by atoms with Gasteiger partial charge in [-0.2, -0.15) is 0 Å². The van der Waals surface area contributed by atoms with Crippen LogP contribution < -0.4 is 5.32 Å². The van der Waals surface area contributed by atoms with Crippen LogP contribution in [0.1, 0.15) is 18.4 Å². The fourth-order valence-corrected chi connectivity index (χ4v) is 2.47. The predicted octanol–water partition coefficient (Wildman–Crippen LogP) is 2.68. The lowest BCUT2D eigenvalue weighted by Gasteiger charge is -2.08. The third-order valence-electron chi connectivity index (χ3n) is 3.88. The summed E-state index contributed by atoms with van der Waals surface area (Å²) < 4.78 is 2.02. The summed E-state index contributed by atoms with van der Waals surface area (Å²) >= 11 is 0. The molecule has 4 rings (SSSR count). The molecule has 1 N–H and O–H groups in total. The van der Waals surface area contributed by atoms with Crippen molar-refractivity contribution in [3.05, 3.63) is 36.2 Å². The van der Waals surface area contributed by atoms with Crippen molar-refractivity contribution >= 4 is 22.7 Å². The Morgan fingerprint density at radius 3 is 2.81 bits per heavy atom. The Kier molecular flexibility index (Phi) is 2.80. The summed E-state index contributed by atoms with van der Waals surface area (Å²) in [6, 6.07) is 5.90. The van der Waals surface area contributed by atoms with Crippen LogP contribution in [0.3, 0.4) is 0 Å². The molecular weight excluding hydrogens is 264 g/mol. The summed E-state index contributed by atoms with van der Waals surface area (Å²) in [5.74, 6) is 1.37. The topological polar surface area (TPSA) is 68.5 Å². The standard InChI is InChI=1S/C15H16N6/c1-10-12(18-15-16-7-2-8-17-15)5-6-13-14(10)19-20-21(13)9-11-3-4-11/h2,5-8,11H,3-4,9H2,1H3,(H,16,17,18). The molecule has 0 radical (unpaired) electrons. The van der Waals surface area contributed by atoms with Gasteiger partial charge in [-0.1, -0.05) is 5.21 Å². The molecule has 6 nitrogen and oxygen atoms in total. The Morgan fingerprint density at radius 2 is 2.05 bits per heavy atom. The van der Waals surface area contributed by atoms with Gasteiger partial charge in [0.1, 0.15) is 5.52 Å². The first-order chi connectivity index (χ1) is 10.3. The number of hydrogen-bond donors (Lipinski definition) is 1. The summed E-state index contributed by atoms with van der Waals surface area (Å²) in [5.41, 5.74) is 4.07. The van der Waals surface area contributed by atoms with E-state index in [1.807, 2.05) is 17.7 Å². The number of fused-ring (bicyclic) bond motifs is 1. The highest BCUT2D eigenvalue weighted by Crippen LogP contribution is 2.32. The molecule has 1 aliphatic carbocycles. The lowest BCUT2D eigenvalue weighted by atomic mass is 10.1. The van der Waals surface area contributed by atoms with Crippen molar-refractivity contribution in [2.45, 2.75) is 26.3 Å². The Labute approximate surface area is 122 Å². The van der Waals surface area contributed by atoms with Gasteiger partial charge in [0, 0.05) is 30.2 Å². The minimum Gasteiger partial charge on any atom is -0.324 e. The van der Waals surface area contributed by atoms with Crippen molar-refractivity contribution in [2.75, 3.05) is 5.32 Å². The molecule has 6 heteroatoms. The molecule has 1 fully saturated rings. The summed E-state index contributed by atoms with van der Waals surface area (Å²) in [7, 11) is 0. The van der Waals surface area contributed by atoms with Gasteiger partial charge >= 0.3 is 0 Å². The highest BCUT2D eigenvalue weighted by atomic mass is 15.4. The summed E-state index contributed by atoms with van der Waals surface area (Å²) in [4.78, 5) is 8.37. The Hall–Kier alpha value is -2.50. The number of benzene rings is 1. The number of rotatable bonds is 4. The van der Waals surface area contributed by atoms with Crippen molar-refractivity contribution in [3.63, 3.8) is 0 Å². The summed E-state index contributed by atoms with van der Waals surface area (Å²) in [6.07, 6.45) is 6.06. The van der Waals surface area contributed by atoms with Crippen LogP contribution >= 0.6 is 0 Å². The second-order valence-electron chi connectivity index (χ2n) is 5.52. The van der Waals surface area contributed by atoms with Crippen LogP contribution in [0.25, 0.3) is 11.0 Å². The molecular formula is C15H16N6. The molecule has 0 spiro atoms. The quantitative estimate of drug-likeness (QED) is 0.795. The van der Waals surface area contributed by atoms with Gasteiger partial charge in [0.25, 0.3) is 0 Å². The first-order valence-corrected chi connectivity index (χ1v) is 7.18. The molecule has 1 saturated carbocycles. The van der Waals surface area contributed by atoms with Gasteiger partial charge in [-0.3, -0.25) is 0 Å². The Balaban J connectivity index is 1.69. The average molecular weight is 280 g/mol. The fourth-order valence-electron chi connectivity index (χ4n) is 2.47. The molecule has 0 bridgehead atoms. The molecule has 3 aromatic rings. The van der Waals surface area contributed by atoms with Gasteiger partial charge in [0.05, 0.1) is 5.52 Å². The summed E-state index contributed by atoms with van der Waals surface area (Å²) in [5, 5.41) is 11.9. The molecule has 21 heavy (non-hydrogen) atoms. The Bertz CT molecular complexity index is 775. The molecule has 0 unspecified atom stereocenters. The zero-order valence-corrected chi connectivity index (χ0v) is 11.8. The van der Waals surface area contributed by atoms with Gasteiger partial charge in [-0.05, 0) is 43.9 Å². The van der Waals surface area contributed by atoms with Crippen molar-refractivity contribution < 1.29 is 0 Å². The third-order valence-corrected chi connectivity index (χ3v) is 3.88. The van der Waals surface area contributed by atoms with E-state index in [1.54, 1.807) is 18.5 Å². The molecule has 106 valence electrons. The number of nitrogens with zero attached hydrogens (tertiary/aromatic N) is 5. The van der Waals surface area contributed by atoms with Gasteiger partial charge in [-0.25, -0.2) is 14.6 Å². The maximum atomic E-state index is 4.33. The van der Waals surface area contributed by atoms with Gasteiger partial charge in [-0.15, -0.1) is 5.10 Å². The van der Waals surface area contributed by atoms with E-state index in [4.69, 9.17) is 0 Å². The minimum absolute atomic E-state index is 0.588. The van der Waals surface area contributed by atoms with Crippen LogP contribution in [-0.4, -0.2) is 25.0 Å². The monoisotopic (exact) mass is 280 g/mol. The first-order valence-electron chi connectivity index (χ1n) is 7.18. The number of aromatic nitrogens is 5. The maximum Gasteiger partial charge on any atom is 0.227 e. The lowest BCUT2D eigenvalue weighted by molar-refractivity contribution is 0.559. The van der Waals surface area contributed by atoms with Gasteiger partial charge < -0.3 is 5.32 Å². The predicted molar refractivity (Wildman–Crippen MR) is 80.3 cm³/mol. The van der Waals surface area contributed by atoms with E-state index in [0.717, 1.165) is 34.7 Å². The van der Waals surface area contributed by atoms with Gasteiger partial charge in [0.2, 0.25) is 5.95 Å². The average Bonchev–Trinajstić information content (AvgIpc) is 3.23. The largest absolute Gasteiger partial charge is 0.324 e. The second kappa shape index (κ2) is 4.80. The van der Waals surface area contributed by atoms with Crippen LogP contribution in [0.2, 0.25) is 0 Å². The van der Waals surface area contributed by atoms with E-state index in [9.17, 15) is 0 Å². The van der Waals surface area contributed by atoms with E-state index >= 15 is 0 Å². The van der Waals surface area contributed by atoms with Crippen LogP contribution in [0.4, 0.5) is 11.6 Å². The highest BCUT2D eigenvalue weighted by molar-refractivity contribution is 5.84.